The van der Waals surface area contributed by atoms with E-state index in [0.717, 1.165) is 51.1 Å². The van der Waals surface area contributed by atoms with Gasteiger partial charge in [-0.2, -0.15) is 0 Å². The molecular formula is C12H24N2O. The molecule has 1 aliphatic heterocycles. The summed E-state index contributed by atoms with van der Waals surface area (Å²) >= 11 is 0. The lowest BCUT2D eigenvalue weighted by molar-refractivity contribution is -0.134. The Morgan fingerprint density at radius 2 is 2.07 bits per heavy atom. The summed E-state index contributed by atoms with van der Waals surface area (Å²) < 4.78 is 0. The van der Waals surface area contributed by atoms with Crippen molar-refractivity contribution in [3.8, 4) is 0 Å². The summed E-state index contributed by atoms with van der Waals surface area (Å²) in [6.45, 7) is 6.18. The molecular weight excluding hydrogens is 188 g/mol. The van der Waals surface area contributed by atoms with Crippen LogP contribution in [0.25, 0.3) is 0 Å². The van der Waals surface area contributed by atoms with E-state index in [2.05, 4.69) is 13.8 Å². The highest BCUT2D eigenvalue weighted by atomic mass is 16.2. The van der Waals surface area contributed by atoms with Crippen LogP contribution in [-0.2, 0) is 4.79 Å². The van der Waals surface area contributed by atoms with Crippen LogP contribution in [0.3, 0.4) is 0 Å². The Kier molecular flexibility index (Phi) is 5.09. The van der Waals surface area contributed by atoms with E-state index in [-0.39, 0.29) is 11.9 Å². The van der Waals surface area contributed by atoms with Gasteiger partial charge in [-0.3, -0.25) is 4.79 Å². The van der Waals surface area contributed by atoms with Gasteiger partial charge in [0.2, 0.25) is 5.91 Å². The third kappa shape index (κ3) is 3.82. The summed E-state index contributed by atoms with van der Waals surface area (Å²) in [4.78, 5) is 13.9. The topological polar surface area (TPSA) is 46.3 Å². The minimum atomic E-state index is -0.265. The zero-order valence-corrected chi connectivity index (χ0v) is 10.0. The second kappa shape index (κ2) is 6.11. The van der Waals surface area contributed by atoms with Gasteiger partial charge in [-0.15, -0.1) is 0 Å². The summed E-state index contributed by atoms with van der Waals surface area (Å²) in [6.07, 6.45) is 5.26. The van der Waals surface area contributed by atoms with E-state index in [1.54, 1.807) is 0 Å². The van der Waals surface area contributed by atoms with Crippen molar-refractivity contribution in [1.82, 2.24) is 4.90 Å². The largest absolute Gasteiger partial charge is 0.341 e. The van der Waals surface area contributed by atoms with Crippen LogP contribution < -0.4 is 5.73 Å². The molecule has 0 radical (unpaired) electrons. The first kappa shape index (κ1) is 12.5. The van der Waals surface area contributed by atoms with Crippen LogP contribution in [0.1, 0.15) is 46.0 Å². The maximum Gasteiger partial charge on any atom is 0.239 e. The van der Waals surface area contributed by atoms with E-state index >= 15 is 0 Å². The molecule has 3 heteroatoms. The van der Waals surface area contributed by atoms with E-state index < -0.39 is 0 Å². The molecule has 0 saturated carbocycles. The van der Waals surface area contributed by atoms with Crippen LogP contribution in [0.5, 0.6) is 0 Å². The summed E-state index contributed by atoms with van der Waals surface area (Å²) in [6, 6.07) is -0.265. The molecule has 0 aromatic rings. The minimum Gasteiger partial charge on any atom is -0.341 e. The molecule has 15 heavy (non-hydrogen) atoms. The monoisotopic (exact) mass is 212 g/mol. The Morgan fingerprint density at radius 1 is 1.47 bits per heavy atom. The first-order chi connectivity index (χ1) is 7.15. The predicted molar refractivity (Wildman–Crippen MR) is 62.5 cm³/mol. The van der Waals surface area contributed by atoms with Crippen molar-refractivity contribution >= 4 is 5.91 Å². The molecule has 3 nitrogen and oxygen atoms in total. The Labute approximate surface area is 93.0 Å². The minimum absolute atomic E-state index is 0.162. The molecule has 0 aromatic heterocycles. The standard InChI is InChI=1S/C12H24N2O/c1-3-4-5-11(13)12(15)14-8-6-10(2)7-9-14/h10-11H,3-9,13H2,1-2H3. The van der Waals surface area contributed by atoms with Gasteiger partial charge < -0.3 is 10.6 Å². The summed E-state index contributed by atoms with van der Waals surface area (Å²) in [5.74, 6) is 0.927. The van der Waals surface area contributed by atoms with Crippen LogP contribution >= 0.6 is 0 Å². The van der Waals surface area contributed by atoms with Crippen LogP contribution in [0.15, 0.2) is 0 Å². The number of carbonyl (C=O) groups is 1. The Balaban J connectivity index is 2.32. The molecule has 88 valence electrons. The van der Waals surface area contributed by atoms with Crippen LogP contribution in [0.2, 0.25) is 0 Å². The van der Waals surface area contributed by atoms with Crippen LogP contribution in [0, 0.1) is 5.92 Å². The zero-order valence-electron chi connectivity index (χ0n) is 10.0. The number of piperidine rings is 1. The van der Waals surface area contributed by atoms with Crippen LogP contribution in [-0.4, -0.2) is 29.9 Å². The summed E-state index contributed by atoms with van der Waals surface area (Å²) in [5, 5.41) is 0. The highest BCUT2D eigenvalue weighted by molar-refractivity contribution is 5.81. The lowest BCUT2D eigenvalue weighted by atomic mass is 9.98. The molecule has 2 N–H and O–H groups in total. The third-order valence-electron chi connectivity index (χ3n) is 3.28. The molecule has 0 aromatic carbocycles. The van der Waals surface area contributed by atoms with Gasteiger partial charge in [0.05, 0.1) is 6.04 Å². The molecule has 1 atom stereocenters. The Morgan fingerprint density at radius 3 is 2.60 bits per heavy atom. The highest BCUT2D eigenvalue weighted by Gasteiger charge is 2.24. The van der Waals surface area contributed by atoms with Crippen molar-refractivity contribution in [1.29, 1.82) is 0 Å². The maximum atomic E-state index is 11.9. The average molecular weight is 212 g/mol. The molecule has 0 bridgehead atoms. The van der Waals surface area contributed by atoms with Crippen molar-refractivity contribution < 1.29 is 4.79 Å². The smallest absolute Gasteiger partial charge is 0.239 e. The average Bonchev–Trinajstić information content (AvgIpc) is 2.26. The van der Waals surface area contributed by atoms with Crippen molar-refractivity contribution in [3.05, 3.63) is 0 Å². The molecule has 0 aliphatic carbocycles. The van der Waals surface area contributed by atoms with E-state index in [4.69, 9.17) is 5.73 Å². The fraction of sp³-hybridized carbons (Fsp3) is 0.917. The number of nitrogens with two attached hydrogens (primary N) is 1. The summed E-state index contributed by atoms with van der Waals surface area (Å²) in [5.41, 5.74) is 5.88. The van der Waals surface area contributed by atoms with Crippen molar-refractivity contribution in [2.24, 2.45) is 11.7 Å². The number of nitrogens with zero attached hydrogens (tertiary/aromatic N) is 1. The number of unbranched alkanes of at least 4 members (excludes halogenated alkanes) is 1. The van der Waals surface area contributed by atoms with Gasteiger partial charge in [-0.25, -0.2) is 0 Å². The molecule has 1 saturated heterocycles. The molecule has 1 aliphatic rings. The number of likely N-dealkylation sites (tertiary alicyclic amines) is 1. The molecule has 1 unspecified atom stereocenters. The number of hydrogen-bond acceptors (Lipinski definition) is 2. The molecule has 1 amide bonds. The number of carbonyl (C=O) groups excluding carboxylic acids is 1. The fourth-order valence-corrected chi connectivity index (χ4v) is 2.01. The van der Waals surface area contributed by atoms with Crippen molar-refractivity contribution in [2.45, 2.75) is 52.0 Å². The SMILES string of the molecule is CCCCC(N)C(=O)N1CCC(C)CC1. The van der Waals surface area contributed by atoms with Gasteiger partial charge >= 0.3 is 0 Å². The van der Waals surface area contributed by atoms with Crippen molar-refractivity contribution in [2.75, 3.05) is 13.1 Å². The van der Waals surface area contributed by atoms with Gasteiger partial charge in [-0.05, 0) is 25.2 Å². The van der Waals surface area contributed by atoms with E-state index in [1.807, 2.05) is 4.90 Å². The zero-order chi connectivity index (χ0) is 11.3. The third-order valence-corrected chi connectivity index (χ3v) is 3.28. The van der Waals surface area contributed by atoms with Gasteiger partial charge in [0.15, 0.2) is 0 Å². The quantitative estimate of drug-likeness (QED) is 0.772. The normalized spacial score (nSPS) is 20.3. The molecule has 1 fully saturated rings. The molecule has 1 heterocycles. The predicted octanol–water partition coefficient (Wildman–Crippen LogP) is 1.76. The Hall–Kier alpha value is -0.570. The van der Waals surface area contributed by atoms with Crippen LogP contribution in [0.4, 0.5) is 0 Å². The van der Waals surface area contributed by atoms with Crippen molar-refractivity contribution in [3.63, 3.8) is 0 Å². The number of hydrogen-bond donors (Lipinski definition) is 1. The fourth-order valence-electron chi connectivity index (χ4n) is 2.01. The van der Waals surface area contributed by atoms with Gasteiger partial charge in [-0.1, -0.05) is 26.7 Å². The lowest BCUT2D eigenvalue weighted by Gasteiger charge is -2.32. The van der Waals surface area contributed by atoms with E-state index in [9.17, 15) is 4.79 Å². The lowest BCUT2D eigenvalue weighted by Crippen LogP contribution is -2.46. The second-order valence-corrected chi connectivity index (χ2v) is 4.76. The second-order valence-electron chi connectivity index (χ2n) is 4.76. The van der Waals surface area contributed by atoms with Gasteiger partial charge in [0.25, 0.3) is 0 Å². The number of rotatable bonds is 4. The highest BCUT2D eigenvalue weighted by Crippen LogP contribution is 2.17. The first-order valence-electron chi connectivity index (χ1n) is 6.19. The summed E-state index contributed by atoms with van der Waals surface area (Å²) in [7, 11) is 0. The number of amides is 1. The van der Waals surface area contributed by atoms with E-state index in [0.29, 0.717) is 0 Å². The molecule has 1 rings (SSSR count). The molecule has 0 spiro atoms. The van der Waals surface area contributed by atoms with Gasteiger partial charge in [0, 0.05) is 13.1 Å². The maximum absolute atomic E-state index is 11.9. The van der Waals surface area contributed by atoms with Gasteiger partial charge in [0.1, 0.15) is 0 Å². The first-order valence-corrected chi connectivity index (χ1v) is 6.19. The van der Waals surface area contributed by atoms with E-state index in [1.165, 1.54) is 0 Å². The Bertz CT molecular complexity index is 198.